The van der Waals surface area contributed by atoms with Gasteiger partial charge in [0.05, 0.1) is 17.6 Å². The molecule has 0 bridgehead atoms. The first kappa shape index (κ1) is 16.4. The molecule has 1 unspecified atom stereocenters. The highest BCUT2D eigenvalue weighted by molar-refractivity contribution is 7.90. The van der Waals surface area contributed by atoms with Gasteiger partial charge in [-0.2, -0.15) is 0 Å². The van der Waals surface area contributed by atoms with Crippen LogP contribution in [0.5, 0.6) is 11.5 Å². The maximum atomic E-state index is 13.5. The second-order valence-corrected chi connectivity index (χ2v) is 7.62. The van der Waals surface area contributed by atoms with Crippen molar-refractivity contribution in [2.24, 2.45) is 0 Å². The van der Waals surface area contributed by atoms with Crippen LogP contribution >= 0.6 is 0 Å². The van der Waals surface area contributed by atoms with Gasteiger partial charge in [0.1, 0.15) is 17.3 Å². The number of hydrogen-bond acceptors (Lipinski definition) is 4. The van der Waals surface area contributed by atoms with E-state index in [4.69, 9.17) is 11.3 Å². The number of aliphatic hydroxyl groups excluding tert-OH is 1. The highest BCUT2D eigenvalue weighted by Crippen LogP contribution is 2.42. The Morgan fingerprint density at radius 2 is 2.08 bits per heavy atom. The molecule has 1 atom stereocenters. The summed E-state index contributed by atoms with van der Waals surface area (Å²) in [5, 5.41) is 10.1. The van der Waals surface area contributed by atoms with Crippen LogP contribution < -0.4 is 4.74 Å². The van der Waals surface area contributed by atoms with Gasteiger partial charge in [-0.1, -0.05) is 0 Å². The van der Waals surface area contributed by atoms with Crippen LogP contribution in [0.1, 0.15) is 23.7 Å². The first-order valence-electron chi connectivity index (χ1n) is 7.19. The van der Waals surface area contributed by atoms with Gasteiger partial charge in [-0.05, 0) is 37.1 Å². The summed E-state index contributed by atoms with van der Waals surface area (Å²) >= 11 is 0. The Morgan fingerprint density at radius 1 is 1.33 bits per heavy atom. The molecule has 0 fully saturated rings. The van der Waals surface area contributed by atoms with Gasteiger partial charge in [-0.25, -0.2) is 17.7 Å². The molecule has 0 radical (unpaired) electrons. The summed E-state index contributed by atoms with van der Waals surface area (Å²) in [5.41, 5.74) is 1.05. The predicted molar refractivity (Wildman–Crippen MR) is 85.6 cm³/mol. The normalized spacial score (nSPS) is 16.5. The molecule has 0 aromatic heterocycles. The molecule has 5 nitrogen and oxygen atoms in total. The van der Waals surface area contributed by atoms with Crippen molar-refractivity contribution in [1.29, 1.82) is 0 Å². The Kier molecular flexibility index (Phi) is 4.03. The van der Waals surface area contributed by atoms with Gasteiger partial charge in [0.25, 0.3) is 0 Å². The average Bonchev–Trinajstić information content (AvgIpc) is 2.88. The molecular formula is C17H14FNO4S. The molecule has 0 saturated heterocycles. The van der Waals surface area contributed by atoms with Crippen LogP contribution in [0.15, 0.2) is 35.2 Å². The number of benzene rings is 2. The number of ether oxygens (including phenoxy) is 1. The molecule has 1 N–H and O–H groups in total. The van der Waals surface area contributed by atoms with Gasteiger partial charge >= 0.3 is 0 Å². The molecule has 1 aliphatic carbocycles. The molecule has 24 heavy (non-hydrogen) atoms. The van der Waals surface area contributed by atoms with Gasteiger partial charge in [-0.15, -0.1) is 0 Å². The van der Waals surface area contributed by atoms with E-state index >= 15 is 0 Å². The zero-order valence-electron chi connectivity index (χ0n) is 12.8. The van der Waals surface area contributed by atoms with Crippen LogP contribution in [0.4, 0.5) is 10.1 Å². The molecule has 0 amide bonds. The SMILES string of the molecule is [C-]#[N+]c1cc(F)cc(Oc2ccc(S(C)(=O)=O)c3c2CCC3O)c1. The molecular weight excluding hydrogens is 333 g/mol. The van der Waals surface area contributed by atoms with Crippen LogP contribution in [0.3, 0.4) is 0 Å². The molecule has 1 aliphatic rings. The molecule has 3 rings (SSSR count). The van der Waals surface area contributed by atoms with E-state index in [2.05, 4.69) is 4.85 Å². The first-order valence-corrected chi connectivity index (χ1v) is 9.08. The third-order valence-corrected chi connectivity index (χ3v) is 5.04. The number of halogens is 1. The molecule has 0 spiro atoms. The standard InChI is InChI=1S/C17H14FNO4S/c1-19-11-7-10(18)8-12(9-11)23-15-5-6-16(24(2,21)22)17-13(15)3-4-14(17)20/h5-9,14,20H,3-4H2,2H3. The van der Waals surface area contributed by atoms with Crippen LogP contribution in [0, 0.1) is 12.4 Å². The average molecular weight is 347 g/mol. The maximum absolute atomic E-state index is 13.5. The topological polar surface area (TPSA) is 68.0 Å². The van der Waals surface area contributed by atoms with Gasteiger partial charge in [-0.3, -0.25) is 0 Å². The molecule has 2 aromatic rings. The summed E-state index contributed by atoms with van der Waals surface area (Å²) in [5.74, 6) is -0.0879. The third kappa shape index (κ3) is 2.98. The van der Waals surface area contributed by atoms with Crippen molar-refractivity contribution in [2.45, 2.75) is 23.8 Å². The second-order valence-electron chi connectivity index (χ2n) is 5.64. The number of sulfone groups is 1. The Bertz CT molecular complexity index is 963. The van der Waals surface area contributed by atoms with E-state index in [-0.39, 0.29) is 16.3 Å². The Hall–Kier alpha value is -2.43. The first-order chi connectivity index (χ1) is 11.3. The summed E-state index contributed by atoms with van der Waals surface area (Å²) in [6, 6.07) is 6.53. The van der Waals surface area contributed by atoms with Gasteiger partial charge in [0.15, 0.2) is 15.5 Å². The minimum atomic E-state index is -3.48. The fourth-order valence-electron chi connectivity index (χ4n) is 2.89. The maximum Gasteiger partial charge on any atom is 0.193 e. The lowest BCUT2D eigenvalue weighted by Crippen LogP contribution is -2.05. The van der Waals surface area contributed by atoms with Crippen molar-refractivity contribution in [3.8, 4) is 11.5 Å². The second kappa shape index (κ2) is 5.89. The van der Waals surface area contributed by atoms with Crippen LogP contribution in [0.25, 0.3) is 4.85 Å². The fraction of sp³-hybridized carbons (Fsp3) is 0.235. The molecule has 124 valence electrons. The van der Waals surface area contributed by atoms with Gasteiger partial charge in [0.2, 0.25) is 0 Å². The van der Waals surface area contributed by atoms with Gasteiger partial charge < -0.3 is 9.84 Å². The summed E-state index contributed by atoms with van der Waals surface area (Å²) in [6.45, 7) is 6.97. The van der Waals surface area contributed by atoms with E-state index in [1.807, 2.05) is 0 Å². The van der Waals surface area contributed by atoms with E-state index < -0.39 is 21.8 Å². The van der Waals surface area contributed by atoms with E-state index in [1.54, 1.807) is 0 Å². The lowest BCUT2D eigenvalue weighted by atomic mass is 10.1. The molecule has 7 heteroatoms. The number of rotatable bonds is 3. The van der Waals surface area contributed by atoms with Crippen molar-refractivity contribution in [3.63, 3.8) is 0 Å². The lowest BCUT2D eigenvalue weighted by molar-refractivity contribution is 0.177. The minimum absolute atomic E-state index is 0.0796. The Labute approximate surface area is 139 Å². The van der Waals surface area contributed by atoms with Crippen molar-refractivity contribution >= 4 is 15.5 Å². The van der Waals surface area contributed by atoms with Crippen molar-refractivity contribution < 1.29 is 22.7 Å². The highest BCUT2D eigenvalue weighted by atomic mass is 32.2. The zero-order chi connectivity index (χ0) is 17.5. The fourth-order valence-corrected chi connectivity index (χ4v) is 3.86. The summed E-state index contributed by atoms with van der Waals surface area (Å²) < 4.78 is 43.0. The predicted octanol–water partition coefficient (Wildman–Crippen LogP) is 3.55. The third-order valence-electron chi connectivity index (χ3n) is 3.89. The van der Waals surface area contributed by atoms with E-state index in [9.17, 15) is 17.9 Å². The smallest absolute Gasteiger partial charge is 0.193 e. The van der Waals surface area contributed by atoms with Crippen molar-refractivity contribution in [3.05, 3.63) is 58.7 Å². The molecule has 0 saturated carbocycles. The van der Waals surface area contributed by atoms with E-state index in [0.717, 1.165) is 18.4 Å². The minimum Gasteiger partial charge on any atom is -0.458 e. The number of fused-ring (bicyclic) bond motifs is 1. The monoisotopic (exact) mass is 347 g/mol. The number of nitrogens with zero attached hydrogens (tertiary/aromatic N) is 1. The Morgan fingerprint density at radius 3 is 2.75 bits per heavy atom. The largest absolute Gasteiger partial charge is 0.458 e. The van der Waals surface area contributed by atoms with Crippen LogP contribution in [0.2, 0.25) is 0 Å². The summed E-state index contributed by atoms with van der Waals surface area (Å²) in [7, 11) is -3.48. The number of aliphatic hydroxyl groups is 1. The van der Waals surface area contributed by atoms with Gasteiger partial charge in [0, 0.05) is 23.4 Å². The highest BCUT2D eigenvalue weighted by Gasteiger charge is 2.30. The quantitative estimate of drug-likeness (QED) is 0.862. The van der Waals surface area contributed by atoms with Crippen molar-refractivity contribution in [2.75, 3.05) is 6.26 Å². The lowest BCUT2D eigenvalue weighted by Gasteiger charge is -2.15. The van der Waals surface area contributed by atoms with E-state index in [0.29, 0.717) is 29.7 Å². The van der Waals surface area contributed by atoms with Crippen LogP contribution in [-0.4, -0.2) is 19.8 Å². The number of hydrogen-bond donors (Lipinski definition) is 1. The zero-order valence-corrected chi connectivity index (χ0v) is 13.6. The molecule has 0 aliphatic heterocycles. The Balaban J connectivity index is 2.09. The summed E-state index contributed by atoms with van der Waals surface area (Å²) in [4.78, 5) is 3.25. The van der Waals surface area contributed by atoms with Crippen LogP contribution in [-0.2, 0) is 16.3 Å². The van der Waals surface area contributed by atoms with E-state index in [1.165, 1.54) is 18.2 Å². The summed E-state index contributed by atoms with van der Waals surface area (Å²) in [6.07, 6.45) is 1.07. The van der Waals surface area contributed by atoms with Crippen molar-refractivity contribution in [1.82, 2.24) is 0 Å². The molecule has 0 heterocycles. The molecule has 2 aromatic carbocycles.